The van der Waals surface area contributed by atoms with Crippen LogP contribution >= 0.6 is 36.2 Å². The van der Waals surface area contributed by atoms with Gasteiger partial charge in [0.1, 0.15) is 11.1 Å². The fourth-order valence-corrected chi connectivity index (χ4v) is 2.00. The Morgan fingerprint density at radius 3 is 2.61 bits per heavy atom. The number of halogens is 2. The van der Waals surface area contributed by atoms with Crippen LogP contribution in [0.2, 0.25) is 0 Å². The fraction of sp³-hybridized carbons (Fsp3) is 0.600. The molecule has 1 rings (SSSR count). The van der Waals surface area contributed by atoms with Crippen LogP contribution in [0.15, 0.2) is 11.6 Å². The monoisotopic (exact) mass is 315 g/mol. The van der Waals surface area contributed by atoms with E-state index in [0.29, 0.717) is 0 Å². The van der Waals surface area contributed by atoms with Gasteiger partial charge in [-0.3, -0.25) is 4.79 Å². The molecule has 3 N–H and O–H groups in total. The molecule has 106 valence electrons. The van der Waals surface area contributed by atoms with Crippen molar-refractivity contribution < 1.29 is 9.53 Å². The van der Waals surface area contributed by atoms with E-state index in [0.717, 1.165) is 5.01 Å². The summed E-state index contributed by atoms with van der Waals surface area (Å²) >= 11 is 1.50. The van der Waals surface area contributed by atoms with Gasteiger partial charge in [-0.2, -0.15) is 0 Å². The first kappa shape index (κ1) is 19.9. The molecule has 1 heterocycles. The Morgan fingerprint density at radius 2 is 2.22 bits per heavy atom. The first-order valence-electron chi connectivity index (χ1n) is 4.96. The van der Waals surface area contributed by atoms with Crippen LogP contribution in [-0.4, -0.2) is 30.6 Å². The number of ether oxygens (including phenoxy) is 1. The summed E-state index contributed by atoms with van der Waals surface area (Å²) in [6.07, 6.45) is 1.10. The van der Waals surface area contributed by atoms with Crippen molar-refractivity contribution in [1.29, 1.82) is 0 Å². The Morgan fingerprint density at radius 1 is 1.61 bits per heavy atom. The van der Waals surface area contributed by atoms with Crippen molar-refractivity contribution in [2.45, 2.75) is 25.5 Å². The van der Waals surface area contributed by atoms with E-state index >= 15 is 0 Å². The number of nitrogens with one attached hydrogen (secondary N) is 1. The van der Waals surface area contributed by atoms with Gasteiger partial charge in [-0.25, -0.2) is 4.98 Å². The molecule has 0 aromatic carbocycles. The molecule has 0 saturated heterocycles. The highest BCUT2D eigenvalue weighted by Gasteiger charge is 2.28. The molecule has 0 spiro atoms. The van der Waals surface area contributed by atoms with E-state index in [1.807, 2.05) is 19.2 Å². The summed E-state index contributed by atoms with van der Waals surface area (Å²) in [5, 5.41) is 5.59. The van der Waals surface area contributed by atoms with Crippen molar-refractivity contribution in [3.05, 3.63) is 16.6 Å². The van der Waals surface area contributed by atoms with Crippen LogP contribution in [0, 0.1) is 0 Å². The Balaban J connectivity index is 0. The third kappa shape index (κ3) is 5.07. The molecule has 0 radical (unpaired) electrons. The Hall–Kier alpha value is -0.400. The average molecular weight is 316 g/mol. The molecule has 1 aromatic rings. The molecule has 0 saturated carbocycles. The molecule has 0 aliphatic carbocycles. The molecule has 0 fully saturated rings. The Labute approximate surface area is 123 Å². The normalized spacial score (nSPS) is 12.0. The maximum Gasteiger partial charge on any atom is 0.251 e. The summed E-state index contributed by atoms with van der Waals surface area (Å²) in [5.41, 5.74) is 4.92. The number of amides is 1. The number of carbonyl (C=O) groups is 1. The zero-order valence-corrected chi connectivity index (χ0v) is 13.0. The van der Waals surface area contributed by atoms with Crippen LogP contribution in [0.25, 0.3) is 0 Å². The highest BCUT2D eigenvalue weighted by atomic mass is 35.5. The second-order valence-electron chi connectivity index (χ2n) is 3.91. The first-order chi connectivity index (χ1) is 7.51. The van der Waals surface area contributed by atoms with Crippen LogP contribution in [0.3, 0.4) is 0 Å². The van der Waals surface area contributed by atoms with Gasteiger partial charge in [-0.1, -0.05) is 0 Å². The van der Waals surface area contributed by atoms with Gasteiger partial charge in [0.15, 0.2) is 0 Å². The number of hydrogen-bond donors (Lipinski definition) is 2. The minimum atomic E-state index is -0.612. The van der Waals surface area contributed by atoms with Gasteiger partial charge < -0.3 is 15.8 Å². The average Bonchev–Trinajstić information content (AvgIpc) is 2.71. The number of aromatic nitrogens is 1. The maximum atomic E-state index is 11.8. The summed E-state index contributed by atoms with van der Waals surface area (Å²) in [6, 6.07) is 0. The van der Waals surface area contributed by atoms with Crippen molar-refractivity contribution in [2.75, 3.05) is 13.7 Å². The molecule has 0 bridgehead atoms. The standard InChI is InChI=1S/C10H17N3O2S.2ClH/c1-10(2,9-12-4-5-16-9)13-8(14)7(6-11)15-3;;/h4-5,7H,6,11H2,1-3H3,(H,13,14);2*1H. The van der Waals surface area contributed by atoms with E-state index in [1.54, 1.807) is 6.20 Å². The maximum absolute atomic E-state index is 11.8. The van der Waals surface area contributed by atoms with Crippen molar-refractivity contribution in [3.63, 3.8) is 0 Å². The van der Waals surface area contributed by atoms with Crippen molar-refractivity contribution in [2.24, 2.45) is 5.73 Å². The summed E-state index contributed by atoms with van der Waals surface area (Å²) in [4.78, 5) is 16.0. The highest BCUT2D eigenvalue weighted by Crippen LogP contribution is 2.21. The predicted molar refractivity (Wildman–Crippen MR) is 77.6 cm³/mol. The first-order valence-corrected chi connectivity index (χ1v) is 5.84. The van der Waals surface area contributed by atoms with Crippen LogP contribution < -0.4 is 11.1 Å². The molecular formula is C10H19Cl2N3O2S. The number of thiazole rings is 1. The molecule has 0 aliphatic heterocycles. The van der Waals surface area contributed by atoms with Gasteiger partial charge in [0.05, 0.1) is 5.54 Å². The molecule has 1 aromatic heterocycles. The van der Waals surface area contributed by atoms with E-state index < -0.39 is 11.6 Å². The van der Waals surface area contributed by atoms with Gasteiger partial charge in [0, 0.05) is 25.2 Å². The molecule has 1 amide bonds. The second kappa shape index (κ2) is 8.66. The summed E-state index contributed by atoms with van der Waals surface area (Å²) in [7, 11) is 1.47. The lowest BCUT2D eigenvalue weighted by Crippen LogP contribution is -2.48. The topological polar surface area (TPSA) is 77.2 Å². The number of carbonyl (C=O) groups excluding carboxylic acids is 1. The molecule has 1 atom stereocenters. The third-order valence-electron chi connectivity index (χ3n) is 2.19. The Bertz CT molecular complexity index is 343. The largest absolute Gasteiger partial charge is 0.370 e. The van der Waals surface area contributed by atoms with Crippen LogP contribution in [0.1, 0.15) is 18.9 Å². The lowest BCUT2D eigenvalue weighted by atomic mass is 10.1. The van der Waals surface area contributed by atoms with Crippen LogP contribution in [-0.2, 0) is 15.1 Å². The van der Waals surface area contributed by atoms with E-state index in [2.05, 4.69) is 10.3 Å². The second-order valence-corrected chi connectivity index (χ2v) is 4.81. The highest BCUT2D eigenvalue weighted by molar-refractivity contribution is 7.09. The van der Waals surface area contributed by atoms with Crippen molar-refractivity contribution in [3.8, 4) is 0 Å². The minimum absolute atomic E-state index is 0. The van der Waals surface area contributed by atoms with E-state index in [1.165, 1.54) is 18.4 Å². The van der Waals surface area contributed by atoms with E-state index in [-0.39, 0.29) is 37.3 Å². The van der Waals surface area contributed by atoms with Gasteiger partial charge >= 0.3 is 0 Å². The minimum Gasteiger partial charge on any atom is -0.370 e. The van der Waals surface area contributed by atoms with Gasteiger partial charge in [-0.15, -0.1) is 36.2 Å². The van der Waals surface area contributed by atoms with Crippen LogP contribution in [0.5, 0.6) is 0 Å². The molecule has 1 unspecified atom stereocenters. The third-order valence-corrected chi connectivity index (χ3v) is 3.29. The predicted octanol–water partition coefficient (Wildman–Crippen LogP) is 1.31. The quantitative estimate of drug-likeness (QED) is 0.859. The number of nitrogens with two attached hydrogens (primary N) is 1. The molecular weight excluding hydrogens is 297 g/mol. The lowest BCUT2D eigenvalue weighted by molar-refractivity contribution is -0.132. The number of hydrogen-bond acceptors (Lipinski definition) is 5. The van der Waals surface area contributed by atoms with Gasteiger partial charge in [-0.05, 0) is 13.8 Å². The molecule has 8 heteroatoms. The number of rotatable bonds is 5. The van der Waals surface area contributed by atoms with Crippen molar-refractivity contribution >= 4 is 42.1 Å². The fourth-order valence-electron chi connectivity index (χ4n) is 1.28. The van der Waals surface area contributed by atoms with Crippen LogP contribution in [0.4, 0.5) is 0 Å². The number of nitrogens with zero attached hydrogens (tertiary/aromatic N) is 1. The van der Waals surface area contributed by atoms with E-state index in [4.69, 9.17) is 10.5 Å². The molecule has 5 nitrogen and oxygen atoms in total. The summed E-state index contributed by atoms with van der Waals surface area (Å²) < 4.78 is 4.97. The smallest absolute Gasteiger partial charge is 0.251 e. The lowest BCUT2D eigenvalue weighted by Gasteiger charge is -2.26. The van der Waals surface area contributed by atoms with Gasteiger partial charge in [0.2, 0.25) is 0 Å². The zero-order chi connectivity index (χ0) is 12.2. The number of methoxy groups -OCH3 is 1. The summed E-state index contributed by atoms with van der Waals surface area (Å²) in [5.74, 6) is -0.217. The Kier molecular flexibility index (Phi) is 9.59. The van der Waals surface area contributed by atoms with E-state index in [9.17, 15) is 4.79 Å². The SMILES string of the molecule is COC(CN)C(=O)NC(C)(C)c1nccs1.Cl.Cl. The zero-order valence-electron chi connectivity index (χ0n) is 10.5. The molecule has 0 aliphatic rings. The van der Waals surface area contributed by atoms with Crippen molar-refractivity contribution in [1.82, 2.24) is 10.3 Å². The van der Waals surface area contributed by atoms with Gasteiger partial charge in [0.25, 0.3) is 5.91 Å². The molecule has 18 heavy (non-hydrogen) atoms. The summed E-state index contributed by atoms with van der Waals surface area (Å²) in [6.45, 7) is 3.95.